The summed E-state index contributed by atoms with van der Waals surface area (Å²) in [5.74, 6) is 0.152. The van der Waals surface area contributed by atoms with Crippen LogP contribution < -0.4 is 4.72 Å². The topological polar surface area (TPSA) is 55.4 Å². The lowest BCUT2D eigenvalue weighted by Gasteiger charge is -2.27. The summed E-state index contributed by atoms with van der Waals surface area (Å²) in [6, 6.07) is 0.0636. The van der Waals surface area contributed by atoms with Crippen LogP contribution in [0.2, 0.25) is 0 Å². The summed E-state index contributed by atoms with van der Waals surface area (Å²) < 4.78 is 30.4. The van der Waals surface area contributed by atoms with Crippen LogP contribution in [0.5, 0.6) is 0 Å². The predicted molar refractivity (Wildman–Crippen MR) is 51.0 cm³/mol. The fourth-order valence-electron chi connectivity index (χ4n) is 1.44. The molecule has 0 saturated carbocycles. The van der Waals surface area contributed by atoms with Gasteiger partial charge in [-0.2, -0.15) is 0 Å². The molecule has 4 nitrogen and oxygen atoms in total. The summed E-state index contributed by atoms with van der Waals surface area (Å²) in [5, 5.41) is 0. The quantitative estimate of drug-likeness (QED) is 0.733. The van der Waals surface area contributed by atoms with E-state index in [4.69, 9.17) is 4.74 Å². The maximum atomic E-state index is 11.2. The van der Waals surface area contributed by atoms with E-state index in [2.05, 4.69) is 4.72 Å². The SMILES string of the molecule is CCS(=O)(=O)NC1CCOC(C)C1. The fraction of sp³-hybridized carbons (Fsp3) is 1.00. The maximum absolute atomic E-state index is 11.2. The van der Waals surface area contributed by atoms with Gasteiger partial charge in [-0.1, -0.05) is 0 Å². The van der Waals surface area contributed by atoms with Gasteiger partial charge in [0.05, 0.1) is 11.9 Å². The van der Waals surface area contributed by atoms with Crippen LogP contribution in [0.1, 0.15) is 26.7 Å². The molecule has 0 spiro atoms. The standard InChI is InChI=1S/C8H17NO3S/c1-3-13(10,11)9-8-4-5-12-7(2)6-8/h7-9H,3-6H2,1-2H3. The highest BCUT2D eigenvalue weighted by atomic mass is 32.2. The zero-order valence-corrected chi connectivity index (χ0v) is 8.93. The van der Waals surface area contributed by atoms with E-state index >= 15 is 0 Å². The van der Waals surface area contributed by atoms with E-state index in [-0.39, 0.29) is 17.9 Å². The molecule has 1 N–H and O–H groups in total. The molecule has 0 aromatic carbocycles. The van der Waals surface area contributed by atoms with Gasteiger partial charge in [0, 0.05) is 12.6 Å². The van der Waals surface area contributed by atoms with Crippen molar-refractivity contribution in [1.29, 1.82) is 0 Å². The lowest BCUT2D eigenvalue weighted by atomic mass is 10.1. The third kappa shape index (κ3) is 3.62. The Labute approximate surface area is 79.7 Å². The van der Waals surface area contributed by atoms with E-state index in [9.17, 15) is 8.42 Å². The van der Waals surface area contributed by atoms with Crippen molar-refractivity contribution in [1.82, 2.24) is 4.72 Å². The van der Waals surface area contributed by atoms with Crippen molar-refractivity contribution in [3.63, 3.8) is 0 Å². The minimum atomic E-state index is -3.05. The van der Waals surface area contributed by atoms with Crippen molar-refractivity contribution in [2.75, 3.05) is 12.4 Å². The maximum Gasteiger partial charge on any atom is 0.211 e. The molecule has 0 radical (unpaired) electrons. The first-order valence-electron chi connectivity index (χ1n) is 4.65. The second-order valence-electron chi connectivity index (χ2n) is 3.42. The summed E-state index contributed by atoms with van der Waals surface area (Å²) in [7, 11) is -3.05. The third-order valence-electron chi connectivity index (χ3n) is 2.21. The average molecular weight is 207 g/mol. The molecule has 0 bridgehead atoms. The lowest BCUT2D eigenvalue weighted by Crippen LogP contribution is -2.41. The van der Waals surface area contributed by atoms with Crippen molar-refractivity contribution < 1.29 is 13.2 Å². The van der Waals surface area contributed by atoms with E-state index in [1.165, 1.54) is 0 Å². The van der Waals surface area contributed by atoms with Gasteiger partial charge in [-0.25, -0.2) is 13.1 Å². The van der Waals surface area contributed by atoms with E-state index in [1.54, 1.807) is 6.92 Å². The second kappa shape index (κ2) is 4.39. The normalized spacial score (nSPS) is 30.3. The number of rotatable bonds is 3. The molecule has 1 aliphatic rings. The number of hydrogen-bond donors (Lipinski definition) is 1. The van der Waals surface area contributed by atoms with Crippen LogP contribution in [-0.4, -0.2) is 32.9 Å². The predicted octanol–water partition coefficient (Wildman–Crippen LogP) is 0.493. The van der Waals surface area contributed by atoms with E-state index in [0.717, 1.165) is 12.8 Å². The van der Waals surface area contributed by atoms with Gasteiger partial charge in [-0.05, 0) is 26.7 Å². The molecule has 1 saturated heterocycles. The van der Waals surface area contributed by atoms with Crippen LogP contribution in [-0.2, 0) is 14.8 Å². The van der Waals surface area contributed by atoms with Crippen molar-refractivity contribution in [2.24, 2.45) is 0 Å². The monoisotopic (exact) mass is 207 g/mol. The zero-order valence-electron chi connectivity index (χ0n) is 8.12. The van der Waals surface area contributed by atoms with Gasteiger partial charge in [-0.15, -0.1) is 0 Å². The van der Waals surface area contributed by atoms with Gasteiger partial charge in [0.25, 0.3) is 0 Å². The molecule has 1 heterocycles. The van der Waals surface area contributed by atoms with Crippen LogP contribution >= 0.6 is 0 Å². The first kappa shape index (κ1) is 10.9. The van der Waals surface area contributed by atoms with Gasteiger partial charge < -0.3 is 4.74 Å². The third-order valence-corrected chi connectivity index (χ3v) is 3.66. The molecular weight excluding hydrogens is 190 g/mol. The van der Waals surface area contributed by atoms with Crippen molar-refractivity contribution >= 4 is 10.0 Å². The summed E-state index contributed by atoms with van der Waals surface area (Å²) in [5.41, 5.74) is 0. The molecule has 1 rings (SSSR count). The molecule has 0 aliphatic carbocycles. The Kier molecular flexibility index (Phi) is 3.70. The highest BCUT2D eigenvalue weighted by Crippen LogP contribution is 2.13. The summed E-state index contributed by atoms with van der Waals surface area (Å²) in [6.07, 6.45) is 1.72. The highest BCUT2D eigenvalue weighted by Gasteiger charge is 2.22. The summed E-state index contributed by atoms with van der Waals surface area (Å²) in [6.45, 7) is 4.26. The van der Waals surface area contributed by atoms with Gasteiger partial charge in [0.15, 0.2) is 0 Å². The molecule has 2 unspecified atom stereocenters. The minimum absolute atomic E-state index is 0.0636. The Morgan fingerprint density at radius 3 is 2.77 bits per heavy atom. The van der Waals surface area contributed by atoms with Crippen LogP contribution in [0.4, 0.5) is 0 Å². The zero-order chi connectivity index (χ0) is 9.90. The number of hydrogen-bond acceptors (Lipinski definition) is 3. The lowest BCUT2D eigenvalue weighted by molar-refractivity contribution is 0.0173. The van der Waals surface area contributed by atoms with Crippen molar-refractivity contribution in [3.8, 4) is 0 Å². The largest absolute Gasteiger partial charge is 0.378 e. The Morgan fingerprint density at radius 2 is 2.23 bits per heavy atom. The van der Waals surface area contributed by atoms with Crippen LogP contribution in [0.15, 0.2) is 0 Å². The molecule has 5 heteroatoms. The molecule has 0 aromatic rings. The minimum Gasteiger partial charge on any atom is -0.378 e. The van der Waals surface area contributed by atoms with E-state index < -0.39 is 10.0 Å². The average Bonchev–Trinajstić information content (AvgIpc) is 2.03. The van der Waals surface area contributed by atoms with E-state index in [0.29, 0.717) is 6.61 Å². The van der Waals surface area contributed by atoms with Gasteiger partial charge in [0.1, 0.15) is 0 Å². The molecular formula is C8H17NO3S. The van der Waals surface area contributed by atoms with Crippen LogP contribution in [0, 0.1) is 0 Å². The second-order valence-corrected chi connectivity index (χ2v) is 5.47. The Bertz CT molecular complexity index is 250. The molecule has 1 fully saturated rings. The molecule has 0 amide bonds. The first-order valence-corrected chi connectivity index (χ1v) is 6.30. The van der Waals surface area contributed by atoms with E-state index in [1.807, 2.05) is 6.92 Å². The summed E-state index contributed by atoms with van der Waals surface area (Å²) in [4.78, 5) is 0. The molecule has 2 atom stereocenters. The number of ether oxygens (including phenoxy) is 1. The molecule has 0 aromatic heterocycles. The van der Waals surface area contributed by atoms with Gasteiger partial charge in [-0.3, -0.25) is 0 Å². The first-order chi connectivity index (χ1) is 6.03. The van der Waals surface area contributed by atoms with Gasteiger partial charge >= 0.3 is 0 Å². The Hall–Kier alpha value is -0.130. The number of sulfonamides is 1. The highest BCUT2D eigenvalue weighted by molar-refractivity contribution is 7.89. The van der Waals surface area contributed by atoms with Gasteiger partial charge in [0.2, 0.25) is 10.0 Å². The van der Waals surface area contributed by atoms with Crippen LogP contribution in [0.25, 0.3) is 0 Å². The van der Waals surface area contributed by atoms with Crippen molar-refractivity contribution in [2.45, 2.75) is 38.8 Å². The number of nitrogens with one attached hydrogen (secondary N) is 1. The molecule has 78 valence electrons. The van der Waals surface area contributed by atoms with Crippen molar-refractivity contribution in [3.05, 3.63) is 0 Å². The molecule has 1 aliphatic heterocycles. The molecule has 13 heavy (non-hydrogen) atoms. The Morgan fingerprint density at radius 1 is 1.54 bits per heavy atom. The Balaban J connectivity index is 2.45. The smallest absolute Gasteiger partial charge is 0.211 e. The summed E-state index contributed by atoms with van der Waals surface area (Å²) >= 11 is 0. The van der Waals surface area contributed by atoms with Crippen LogP contribution in [0.3, 0.4) is 0 Å². The fourth-order valence-corrected chi connectivity index (χ4v) is 2.33.